The maximum Gasteiger partial charge on any atom is 0.336 e. The summed E-state index contributed by atoms with van der Waals surface area (Å²) in [5.74, 6) is 0.498. The number of hydrogen-bond donors (Lipinski definition) is 2. The van der Waals surface area contributed by atoms with Crippen molar-refractivity contribution in [2.75, 3.05) is 6.61 Å². The van der Waals surface area contributed by atoms with Gasteiger partial charge in [-0.3, -0.25) is 5.32 Å². The van der Waals surface area contributed by atoms with E-state index in [1.165, 1.54) is 12.0 Å². The third-order valence-corrected chi connectivity index (χ3v) is 8.15. The van der Waals surface area contributed by atoms with Crippen LogP contribution in [-0.4, -0.2) is 26.6 Å². The van der Waals surface area contributed by atoms with Crippen LogP contribution >= 0.6 is 12.6 Å². The molecule has 1 rings (SSSR count). The second-order valence-electron chi connectivity index (χ2n) is 6.73. The van der Waals surface area contributed by atoms with Gasteiger partial charge < -0.3 is 8.85 Å². The van der Waals surface area contributed by atoms with Crippen molar-refractivity contribution in [2.45, 2.75) is 71.2 Å². The van der Waals surface area contributed by atoms with Gasteiger partial charge in [-0.05, 0) is 44.3 Å². The van der Waals surface area contributed by atoms with Crippen molar-refractivity contribution >= 4 is 21.2 Å². The van der Waals surface area contributed by atoms with Crippen molar-refractivity contribution in [3.05, 3.63) is 35.9 Å². The number of hydrogen-bond acceptors (Lipinski definition) is 4. The predicted octanol–water partition coefficient (Wildman–Crippen LogP) is 4.98. The van der Waals surface area contributed by atoms with Crippen molar-refractivity contribution < 1.29 is 8.85 Å². The van der Waals surface area contributed by atoms with E-state index in [0.717, 1.165) is 19.0 Å². The molecular weight excluding hydrogens is 334 g/mol. The summed E-state index contributed by atoms with van der Waals surface area (Å²) >= 11 is 4.76. The van der Waals surface area contributed by atoms with Crippen molar-refractivity contribution in [1.82, 2.24) is 5.32 Å². The molecule has 4 atom stereocenters. The Labute approximate surface area is 155 Å². The van der Waals surface area contributed by atoms with Gasteiger partial charge in [-0.2, -0.15) is 12.6 Å². The maximum atomic E-state index is 6.37. The van der Waals surface area contributed by atoms with Crippen LogP contribution in [-0.2, 0) is 15.4 Å². The Morgan fingerprint density at radius 1 is 1.17 bits per heavy atom. The van der Waals surface area contributed by atoms with Crippen LogP contribution in [0.3, 0.4) is 0 Å². The maximum absolute atomic E-state index is 6.37. The summed E-state index contributed by atoms with van der Waals surface area (Å²) in [4.78, 5) is 0. The molecule has 4 unspecified atom stereocenters. The van der Waals surface area contributed by atoms with Gasteiger partial charge in [-0.1, -0.05) is 50.6 Å². The highest BCUT2D eigenvalue weighted by Crippen LogP contribution is 2.27. The van der Waals surface area contributed by atoms with E-state index in [4.69, 9.17) is 21.5 Å². The summed E-state index contributed by atoms with van der Waals surface area (Å²) in [5, 5.41) is 3.87. The van der Waals surface area contributed by atoms with E-state index in [1.807, 2.05) is 13.0 Å². The highest BCUT2D eigenvalue weighted by Gasteiger charge is 2.36. The first-order valence-corrected chi connectivity index (χ1v) is 12.2. The molecule has 0 radical (unpaired) electrons. The molecule has 0 amide bonds. The molecule has 138 valence electrons. The van der Waals surface area contributed by atoms with E-state index < -0.39 is 8.56 Å². The third kappa shape index (κ3) is 8.16. The lowest BCUT2D eigenvalue weighted by molar-refractivity contribution is 0.104. The summed E-state index contributed by atoms with van der Waals surface area (Å²) in [6, 6.07) is 11.4. The van der Waals surface area contributed by atoms with E-state index >= 15 is 0 Å². The van der Waals surface area contributed by atoms with Crippen LogP contribution in [0, 0.1) is 5.92 Å². The molecule has 0 bridgehead atoms. The lowest BCUT2D eigenvalue weighted by atomic mass is 10.1. The van der Waals surface area contributed by atoms with Gasteiger partial charge in [0.25, 0.3) is 0 Å². The number of benzene rings is 1. The van der Waals surface area contributed by atoms with Crippen LogP contribution in [0.1, 0.15) is 46.1 Å². The largest absolute Gasteiger partial charge is 0.395 e. The van der Waals surface area contributed by atoms with Crippen molar-refractivity contribution in [2.24, 2.45) is 5.92 Å². The molecule has 0 aliphatic rings. The van der Waals surface area contributed by atoms with Crippen molar-refractivity contribution in [3.8, 4) is 0 Å². The standard InChI is InChI=1S/C19H35NO2SSi/c1-6-11-19(23)16(3)15-24(5,21-7-2)22-17(4)20-14-18-12-9-8-10-13-18/h8-10,12-13,16-17,19-20,23H,6-7,11,14-15H2,1-5H3. The quantitative estimate of drug-likeness (QED) is 0.309. The molecule has 1 aromatic rings. The molecular formula is C19H35NO2SSi. The fourth-order valence-corrected chi connectivity index (χ4v) is 6.76. The van der Waals surface area contributed by atoms with Gasteiger partial charge in [-0.25, -0.2) is 0 Å². The molecule has 0 aliphatic carbocycles. The molecule has 0 saturated carbocycles. The SMILES string of the molecule is CCCC(S)C(C)C[Si](C)(OCC)OC(C)NCc1ccccc1. The molecule has 0 aliphatic heterocycles. The molecule has 0 spiro atoms. The highest BCUT2D eigenvalue weighted by molar-refractivity contribution is 7.81. The van der Waals surface area contributed by atoms with Gasteiger partial charge >= 0.3 is 8.56 Å². The normalized spacial score (nSPS) is 17.9. The minimum Gasteiger partial charge on any atom is -0.395 e. The molecule has 1 N–H and O–H groups in total. The minimum absolute atomic E-state index is 0.0230. The van der Waals surface area contributed by atoms with E-state index in [0.29, 0.717) is 17.8 Å². The Morgan fingerprint density at radius 3 is 2.42 bits per heavy atom. The topological polar surface area (TPSA) is 30.5 Å². The smallest absolute Gasteiger partial charge is 0.336 e. The molecule has 0 heterocycles. The van der Waals surface area contributed by atoms with Gasteiger partial charge in [-0.15, -0.1) is 0 Å². The monoisotopic (exact) mass is 369 g/mol. The molecule has 0 saturated heterocycles. The average Bonchev–Trinajstić information content (AvgIpc) is 2.54. The Morgan fingerprint density at radius 2 is 1.83 bits per heavy atom. The Balaban J connectivity index is 2.55. The van der Waals surface area contributed by atoms with Gasteiger partial charge in [0.15, 0.2) is 0 Å². The average molecular weight is 370 g/mol. The van der Waals surface area contributed by atoms with Crippen molar-refractivity contribution in [1.29, 1.82) is 0 Å². The molecule has 3 nitrogen and oxygen atoms in total. The van der Waals surface area contributed by atoms with E-state index in [9.17, 15) is 0 Å². The van der Waals surface area contributed by atoms with E-state index in [-0.39, 0.29) is 6.23 Å². The van der Waals surface area contributed by atoms with Crippen LogP contribution < -0.4 is 5.32 Å². The van der Waals surface area contributed by atoms with Crippen LogP contribution in [0.25, 0.3) is 0 Å². The molecule has 1 aromatic carbocycles. The second kappa shape index (κ2) is 11.3. The minimum atomic E-state index is -2.22. The molecule has 0 fully saturated rings. The summed E-state index contributed by atoms with van der Waals surface area (Å²) < 4.78 is 12.5. The summed E-state index contributed by atoms with van der Waals surface area (Å²) in [6.45, 7) is 12.3. The Hall–Kier alpha value is -0.333. The zero-order valence-corrected chi connectivity index (χ0v) is 17.8. The molecule has 24 heavy (non-hydrogen) atoms. The Kier molecular flexibility index (Phi) is 10.2. The fraction of sp³-hybridized carbons (Fsp3) is 0.684. The first-order chi connectivity index (χ1) is 11.4. The zero-order chi connectivity index (χ0) is 18.0. The first-order valence-electron chi connectivity index (χ1n) is 9.17. The van der Waals surface area contributed by atoms with E-state index in [1.54, 1.807) is 0 Å². The number of thiol groups is 1. The number of nitrogens with one attached hydrogen (secondary N) is 1. The van der Waals surface area contributed by atoms with Gasteiger partial charge in [0.2, 0.25) is 0 Å². The second-order valence-corrected chi connectivity index (χ2v) is 10.6. The summed E-state index contributed by atoms with van der Waals surface area (Å²) in [6.07, 6.45) is 2.29. The van der Waals surface area contributed by atoms with Crippen LogP contribution in [0.2, 0.25) is 12.6 Å². The number of rotatable bonds is 12. The molecule has 0 aromatic heterocycles. The van der Waals surface area contributed by atoms with E-state index in [2.05, 4.69) is 56.9 Å². The molecule has 5 heteroatoms. The highest BCUT2D eigenvalue weighted by atomic mass is 32.1. The third-order valence-electron chi connectivity index (χ3n) is 4.25. The zero-order valence-electron chi connectivity index (χ0n) is 15.9. The first kappa shape index (κ1) is 21.7. The predicted molar refractivity (Wildman–Crippen MR) is 109 cm³/mol. The van der Waals surface area contributed by atoms with Gasteiger partial charge in [0.05, 0.1) is 6.23 Å². The summed E-state index contributed by atoms with van der Waals surface area (Å²) in [5.41, 5.74) is 1.26. The fourth-order valence-electron chi connectivity index (χ4n) is 3.02. The van der Waals surface area contributed by atoms with Crippen LogP contribution in [0.4, 0.5) is 0 Å². The van der Waals surface area contributed by atoms with Gasteiger partial charge in [0, 0.05) is 18.4 Å². The summed E-state index contributed by atoms with van der Waals surface area (Å²) in [7, 11) is -2.22. The van der Waals surface area contributed by atoms with Gasteiger partial charge in [0.1, 0.15) is 0 Å². The lowest BCUT2D eigenvalue weighted by Gasteiger charge is -2.33. The lowest BCUT2D eigenvalue weighted by Crippen LogP contribution is -2.47. The van der Waals surface area contributed by atoms with Crippen LogP contribution in [0.15, 0.2) is 30.3 Å². The Bertz CT molecular complexity index is 448. The van der Waals surface area contributed by atoms with Crippen LogP contribution in [0.5, 0.6) is 0 Å². The van der Waals surface area contributed by atoms with Crippen molar-refractivity contribution in [3.63, 3.8) is 0 Å².